The van der Waals surface area contributed by atoms with E-state index in [1.165, 1.54) is 0 Å². The molecule has 0 spiro atoms. The van der Waals surface area contributed by atoms with Gasteiger partial charge in [0.15, 0.2) is 9.84 Å². The van der Waals surface area contributed by atoms with Crippen molar-refractivity contribution in [3.8, 4) is 0 Å². The number of benzene rings is 1. The molecule has 1 N–H and O–H groups in total. The third-order valence-corrected chi connectivity index (χ3v) is 5.55. The zero-order valence-corrected chi connectivity index (χ0v) is 12.0. The first kappa shape index (κ1) is 13.9. The number of hydrogen-bond acceptors (Lipinski definition) is 4. The highest BCUT2D eigenvalue weighted by Crippen LogP contribution is 2.37. The van der Waals surface area contributed by atoms with Gasteiger partial charge in [0.05, 0.1) is 28.8 Å². The third kappa shape index (κ3) is 2.32. The Morgan fingerprint density at radius 1 is 1.42 bits per heavy atom. The van der Waals surface area contributed by atoms with Gasteiger partial charge < -0.3 is 10.0 Å². The third-order valence-electron chi connectivity index (χ3n) is 3.72. The average Bonchev–Trinajstić information content (AvgIpc) is 2.28. The van der Waals surface area contributed by atoms with Crippen LogP contribution in [0.1, 0.15) is 17.5 Å². The molecular weight excluding hydrogens is 266 g/mol. The van der Waals surface area contributed by atoms with Crippen LogP contribution in [0.5, 0.6) is 0 Å². The van der Waals surface area contributed by atoms with E-state index in [0.717, 1.165) is 11.1 Å². The van der Waals surface area contributed by atoms with E-state index >= 15 is 0 Å². The van der Waals surface area contributed by atoms with E-state index in [4.69, 9.17) is 5.11 Å². The number of anilines is 1. The molecule has 0 aromatic heterocycles. The van der Waals surface area contributed by atoms with E-state index in [2.05, 4.69) is 0 Å². The summed E-state index contributed by atoms with van der Waals surface area (Å²) >= 11 is 0. The molecule has 1 aromatic carbocycles. The molecule has 2 rings (SSSR count). The van der Waals surface area contributed by atoms with Gasteiger partial charge in [-0.05, 0) is 31.0 Å². The van der Waals surface area contributed by atoms with Crippen LogP contribution in [-0.4, -0.2) is 38.3 Å². The van der Waals surface area contributed by atoms with Gasteiger partial charge in [-0.3, -0.25) is 4.79 Å². The van der Waals surface area contributed by atoms with Crippen LogP contribution in [0.3, 0.4) is 0 Å². The molecule has 6 heteroatoms. The molecule has 0 amide bonds. The first-order valence-electron chi connectivity index (χ1n) is 6.01. The maximum absolute atomic E-state index is 12.3. The predicted molar refractivity (Wildman–Crippen MR) is 72.4 cm³/mol. The number of hydrogen-bond donors (Lipinski definition) is 1. The van der Waals surface area contributed by atoms with E-state index in [-0.39, 0.29) is 12.2 Å². The summed E-state index contributed by atoms with van der Waals surface area (Å²) in [5.74, 6) is -1.13. The molecule has 5 nitrogen and oxygen atoms in total. The molecule has 1 unspecified atom stereocenters. The molecule has 1 atom stereocenters. The van der Waals surface area contributed by atoms with Crippen LogP contribution in [0.25, 0.3) is 0 Å². The van der Waals surface area contributed by atoms with E-state index in [0.29, 0.717) is 10.6 Å². The first-order valence-corrected chi connectivity index (χ1v) is 7.67. The van der Waals surface area contributed by atoms with Gasteiger partial charge in [0, 0.05) is 7.05 Å². The number of aliphatic carboxylic acids is 1. The van der Waals surface area contributed by atoms with Crippen molar-refractivity contribution in [1.29, 1.82) is 0 Å². The summed E-state index contributed by atoms with van der Waals surface area (Å²) < 4.78 is 24.5. The number of carbonyl (C=O) groups is 1. The second-order valence-electron chi connectivity index (χ2n) is 5.00. The van der Waals surface area contributed by atoms with E-state index in [1.807, 2.05) is 13.8 Å². The van der Waals surface area contributed by atoms with Gasteiger partial charge in [0.2, 0.25) is 0 Å². The minimum Gasteiger partial charge on any atom is -0.481 e. The monoisotopic (exact) mass is 283 g/mol. The first-order chi connectivity index (χ1) is 8.74. The topological polar surface area (TPSA) is 74.7 Å². The number of sulfone groups is 1. The zero-order chi connectivity index (χ0) is 14.4. The number of rotatable bonds is 2. The van der Waals surface area contributed by atoms with Gasteiger partial charge in [0.1, 0.15) is 0 Å². The zero-order valence-electron chi connectivity index (χ0n) is 11.2. The van der Waals surface area contributed by atoms with E-state index in [1.54, 1.807) is 24.1 Å². The lowest BCUT2D eigenvalue weighted by atomic mass is 10.1. The van der Waals surface area contributed by atoms with Gasteiger partial charge in [-0.15, -0.1) is 0 Å². The molecule has 104 valence electrons. The minimum absolute atomic E-state index is 0.148. The van der Waals surface area contributed by atoms with Gasteiger partial charge >= 0.3 is 5.97 Å². The normalized spacial score (nSPS) is 21.0. The van der Waals surface area contributed by atoms with Gasteiger partial charge in [0.25, 0.3) is 0 Å². The summed E-state index contributed by atoms with van der Waals surface area (Å²) in [6.45, 7) is 3.78. The molecule has 1 heterocycles. The molecule has 0 radical (unpaired) electrons. The number of carboxylic acid groups (broad SMARTS) is 1. The highest BCUT2D eigenvalue weighted by molar-refractivity contribution is 7.91. The molecule has 0 bridgehead atoms. The molecule has 0 aliphatic carbocycles. The van der Waals surface area contributed by atoms with Crippen molar-refractivity contribution in [2.24, 2.45) is 0 Å². The molecule has 0 fully saturated rings. The van der Waals surface area contributed by atoms with Crippen LogP contribution in [0, 0.1) is 13.8 Å². The Kier molecular flexibility index (Phi) is 3.30. The van der Waals surface area contributed by atoms with Crippen molar-refractivity contribution < 1.29 is 18.3 Å². The Morgan fingerprint density at radius 2 is 2.05 bits per heavy atom. The Balaban J connectivity index is 2.61. The minimum atomic E-state index is -3.41. The fourth-order valence-corrected chi connectivity index (χ4v) is 4.39. The predicted octanol–water partition coefficient (Wildman–Crippen LogP) is 1.37. The number of carboxylic acids is 1. The van der Waals surface area contributed by atoms with Crippen LogP contribution in [0.15, 0.2) is 17.0 Å². The maximum Gasteiger partial charge on any atom is 0.305 e. The Hall–Kier alpha value is -1.56. The molecule has 0 saturated carbocycles. The van der Waals surface area contributed by atoms with Gasteiger partial charge in [-0.25, -0.2) is 8.42 Å². The van der Waals surface area contributed by atoms with Crippen LogP contribution in [0.2, 0.25) is 0 Å². The standard InChI is InChI=1S/C13H17NO4S/c1-8-4-5-11-13(9(8)2)14(3)10(6-12(15)16)7-19(11,17)18/h4-5,10H,6-7H2,1-3H3,(H,15,16). The van der Waals surface area contributed by atoms with Crippen LogP contribution >= 0.6 is 0 Å². The number of fused-ring (bicyclic) bond motifs is 1. The summed E-state index contributed by atoms with van der Waals surface area (Å²) in [6, 6.07) is 2.88. The summed E-state index contributed by atoms with van der Waals surface area (Å²) in [5.41, 5.74) is 2.52. The fraction of sp³-hybridized carbons (Fsp3) is 0.462. The summed E-state index contributed by atoms with van der Waals surface area (Å²) in [4.78, 5) is 13.0. The number of aryl methyl sites for hydroxylation is 1. The van der Waals surface area contributed by atoms with Crippen molar-refractivity contribution in [1.82, 2.24) is 0 Å². The molecule has 1 aliphatic heterocycles. The maximum atomic E-state index is 12.3. The molecule has 1 aromatic rings. The highest BCUT2D eigenvalue weighted by atomic mass is 32.2. The average molecular weight is 283 g/mol. The molecule has 1 aliphatic rings. The lowest BCUT2D eigenvalue weighted by Crippen LogP contribution is -2.44. The van der Waals surface area contributed by atoms with Crippen LogP contribution < -0.4 is 4.90 Å². The summed E-state index contributed by atoms with van der Waals surface area (Å²) in [6.07, 6.45) is -0.178. The molecular formula is C13H17NO4S. The Morgan fingerprint density at radius 3 is 2.63 bits per heavy atom. The van der Waals surface area contributed by atoms with Gasteiger partial charge in [-0.2, -0.15) is 0 Å². The quantitative estimate of drug-likeness (QED) is 0.887. The lowest BCUT2D eigenvalue weighted by Gasteiger charge is -2.36. The summed E-state index contributed by atoms with van der Waals surface area (Å²) in [5, 5.41) is 8.90. The van der Waals surface area contributed by atoms with Crippen molar-refractivity contribution in [2.45, 2.75) is 31.2 Å². The second-order valence-corrected chi connectivity index (χ2v) is 7.00. The Labute approximate surface area is 112 Å². The molecule has 19 heavy (non-hydrogen) atoms. The molecule has 0 saturated heterocycles. The van der Waals surface area contributed by atoms with E-state index < -0.39 is 21.8 Å². The van der Waals surface area contributed by atoms with Crippen molar-refractivity contribution >= 4 is 21.5 Å². The number of nitrogens with zero attached hydrogens (tertiary/aromatic N) is 1. The second kappa shape index (κ2) is 4.52. The highest BCUT2D eigenvalue weighted by Gasteiger charge is 2.36. The van der Waals surface area contributed by atoms with Crippen molar-refractivity contribution in [3.63, 3.8) is 0 Å². The smallest absolute Gasteiger partial charge is 0.305 e. The van der Waals surface area contributed by atoms with E-state index in [9.17, 15) is 13.2 Å². The lowest BCUT2D eigenvalue weighted by molar-refractivity contribution is -0.137. The van der Waals surface area contributed by atoms with Crippen molar-refractivity contribution in [3.05, 3.63) is 23.3 Å². The fourth-order valence-electron chi connectivity index (χ4n) is 2.50. The SMILES string of the molecule is Cc1ccc2c(c1C)N(C)C(CC(=O)O)CS2(=O)=O. The van der Waals surface area contributed by atoms with Crippen LogP contribution in [0.4, 0.5) is 5.69 Å². The van der Waals surface area contributed by atoms with Crippen LogP contribution in [-0.2, 0) is 14.6 Å². The largest absolute Gasteiger partial charge is 0.481 e. The summed E-state index contributed by atoms with van der Waals surface area (Å²) in [7, 11) is -1.66. The Bertz CT molecular complexity index is 636. The van der Waals surface area contributed by atoms with Gasteiger partial charge in [-0.1, -0.05) is 6.07 Å². The van der Waals surface area contributed by atoms with Crippen molar-refractivity contribution in [2.75, 3.05) is 17.7 Å².